The van der Waals surface area contributed by atoms with Gasteiger partial charge in [-0.3, -0.25) is 9.59 Å². The van der Waals surface area contributed by atoms with E-state index in [1.807, 2.05) is 60.7 Å². The van der Waals surface area contributed by atoms with E-state index in [0.717, 1.165) is 27.5 Å². The molecule has 158 valence electrons. The second-order valence-corrected chi connectivity index (χ2v) is 8.23. The van der Waals surface area contributed by atoms with Crippen LogP contribution in [0.1, 0.15) is 6.42 Å². The van der Waals surface area contributed by atoms with E-state index in [4.69, 9.17) is 9.47 Å². The summed E-state index contributed by atoms with van der Waals surface area (Å²) in [6.45, 7) is 0. The summed E-state index contributed by atoms with van der Waals surface area (Å²) in [6, 6.07) is 20.7. The van der Waals surface area contributed by atoms with Crippen LogP contribution in [0.5, 0.6) is 11.5 Å². The summed E-state index contributed by atoms with van der Waals surface area (Å²) in [5.41, 5.74) is 3.21. The molecule has 7 heteroatoms. The molecule has 0 bridgehead atoms. The fraction of sp³-hybridized carbons (Fsp3) is 0.167. The second-order valence-electron chi connectivity index (χ2n) is 6.99. The maximum atomic E-state index is 12.7. The Balaban J connectivity index is 1.49. The third kappa shape index (κ3) is 4.67. The van der Waals surface area contributed by atoms with Gasteiger partial charge in [-0.15, -0.1) is 11.8 Å². The molecule has 0 aromatic heterocycles. The number of fused-ring (bicyclic) bond motifs is 1. The molecule has 0 aliphatic carbocycles. The Morgan fingerprint density at radius 1 is 1.03 bits per heavy atom. The summed E-state index contributed by atoms with van der Waals surface area (Å²) in [6.07, 6.45) is 0.0781. The SMILES string of the molecule is COc1ccc(-c2cc(NC(=O)C[C@@H]3Sc4ccccc4NC3=O)ccc2OC)cc1. The Morgan fingerprint density at radius 2 is 1.81 bits per heavy atom. The van der Waals surface area contributed by atoms with Crippen LogP contribution < -0.4 is 20.1 Å². The van der Waals surface area contributed by atoms with Crippen molar-refractivity contribution >= 4 is 35.0 Å². The summed E-state index contributed by atoms with van der Waals surface area (Å²) in [5, 5.41) is 5.30. The molecule has 4 rings (SSSR count). The number of thioether (sulfide) groups is 1. The van der Waals surface area contributed by atoms with Crippen molar-refractivity contribution in [2.45, 2.75) is 16.6 Å². The molecule has 2 N–H and O–H groups in total. The van der Waals surface area contributed by atoms with Crippen molar-refractivity contribution in [1.82, 2.24) is 0 Å². The number of methoxy groups -OCH3 is 2. The van der Waals surface area contributed by atoms with Crippen molar-refractivity contribution in [2.75, 3.05) is 24.9 Å². The smallest absolute Gasteiger partial charge is 0.238 e. The first kappa shape index (κ1) is 20.8. The minimum Gasteiger partial charge on any atom is -0.497 e. The van der Waals surface area contributed by atoms with Crippen molar-refractivity contribution in [3.05, 3.63) is 66.7 Å². The molecule has 1 heterocycles. The van der Waals surface area contributed by atoms with Gasteiger partial charge in [-0.1, -0.05) is 24.3 Å². The topological polar surface area (TPSA) is 76.7 Å². The van der Waals surface area contributed by atoms with Gasteiger partial charge in [-0.05, 0) is 48.0 Å². The van der Waals surface area contributed by atoms with Gasteiger partial charge >= 0.3 is 0 Å². The number of nitrogens with one attached hydrogen (secondary N) is 2. The number of anilines is 2. The van der Waals surface area contributed by atoms with Crippen LogP contribution in [0, 0.1) is 0 Å². The Bertz CT molecular complexity index is 1110. The highest BCUT2D eigenvalue weighted by Crippen LogP contribution is 2.37. The van der Waals surface area contributed by atoms with E-state index in [0.29, 0.717) is 11.4 Å². The Labute approximate surface area is 185 Å². The lowest BCUT2D eigenvalue weighted by atomic mass is 10.0. The fourth-order valence-electron chi connectivity index (χ4n) is 3.39. The van der Waals surface area contributed by atoms with E-state index < -0.39 is 5.25 Å². The first-order valence-corrected chi connectivity index (χ1v) is 10.6. The summed E-state index contributed by atoms with van der Waals surface area (Å²) >= 11 is 1.41. The Morgan fingerprint density at radius 3 is 2.55 bits per heavy atom. The predicted octanol–water partition coefficient (Wildman–Crippen LogP) is 4.81. The Hall–Kier alpha value is -3.45. The molecule has 1 aliphatic rings. The van der Waals surface area contributed by atoms with Gasteiger partial charge < -0.3 is 20.1 Å². The van der Waals surface area contributed by atoms with Gasteiger partial charge in [0.25, 0.3) is 0 Å². The van der Waals surface area contributed by atoms with Crippen LogP contribution in [-0.2, 0) is 9.59 Å². The monoisotopic (exact) mass is 434 g/mol. The zero-order valence-corrected chi connectivity index (χ0v) is 18.0. The highest BCUT2D eigenvalue weighted by atomic mass is 32.2. The largest absolute Gasteiger partial charge is 0.497 e. The number of amides is 2. The van der Waals surface area contributed by atoms with Crippen LogP contribution in [-0.4, -0.2) is 31.3 Å². The average molecular weight is 435 g/mol. The number of carbonyl (C=O) groups is 2. The summed E-state index contributed by atoms with van der Waals surface area (Å²) in [4.78, 5) is 26.0. The highest BCUT2D eigenvalue weighted by molar-refractivity contribution is 8.01. The number of hydrogen-bond donors (Lipinski definition) is 2. The molecule has 0 fully saturated rings. The maximum absolute atomic E-state index is 12.7. The van der Waals surface area contributed by atoms with Crippen LogP contribution in [0.15, 0.2) is 71.6 Å². The van der Waals surface area contributed by atoms with Crippen LogP contribution >= 0.6 is 11.8 Å². The number of para-hydroxylation sites is 1. The number of benzene rings is 3. The molecule has 1 aliphatic heterocycles. The molecule has 2 amide bonds. The lowest BCUT2D eigenvalue weighted by Gasteiger charge is -2.23. The first-order chi connectivity index (χ1) is 15.1. The van der Waals surface area contributed by atoms with Gasteiger partial charge in [0, 0.05) is 22.6 Å². The van der Waals surface area contributed by atoms with Gasteiger partial charge in [0.05, 0.1) is 25.2 Å². The molecular weight excluding hydrogens is 412 g/mol. The van der Waals surface area contributed by atoms with Crippen molar-refractivity contribution in [3.8, 4) is 22.6 Å². The number of carbonyl (C=O) groups excluding carboxylic acids is 2. The zero-order chi connectivity index (χ0) is 21.8. The van der Waals surface area contributed by atoms with Crippen LogP contribution in [0.3, 0.4) is 0 Å². The van der Waals surface area contributed by atoms with Gasteiger partial charge in [0.2, 0.25) is 11.8 Å². The number of rotatable bonds is 6. The quantitative estimate of drug-likeness (QED) is 0.582. The molecule has 0 spiro atoms. The van der Waals surface area contributed by atoms with Gasteiger partial charge in [-0.2, -0.15) is 0 Å². The van der Waals surface area contributed by atoms with Crippen molar-refractivity contribution < 1.29 is 19.1 Å². The molecule has 3 aromatic carbocycles. The minimum absolute atomic E-state index is 0.0781. The normalized spacial score (nSPS) is 14.9. The summed E-state index contributed by atoms with van der Waals surface area (Å²) in [7, 11) is 3.23. The van der Waals surface area contributed by atoms with Gasteiger partial charge in [0.15, 0.2) is 0 Å². The molecule has 1 atom stereocenters. The maximum Gasteiger partial charge on any atom is 0.238 e. The molecule has 0 radical (unpaired) electrons. The molecule has 31 heavy (non-hydrogen) atoms. The standard InChI is InChI=1S/C24H22N2O4S/c1-29-17-10-7-15(8-11-17)18-13-16(9-12-20(18)30-2)25-23(27)14-22-24(28)26-19-5-3-4-6-21(19)31-22/h3-13,22H,14H2,1-2H3,(H,25,27)(H,26,28)/t22-/m0/s1. The lowest BCUT2D eigenvalue weighted by molar-refractivity contribution is -0.120. The van der Waals surface area contributed by atoms with E-state index in [2.05, 4.69) is 10.6 Å². The molecule has 0 saturated heterocycles. The van der Waals surface area contributed by atoms with E-state index in [1.54, 1.807) is 20.3 Å². The fourth-order valence-corrected chi connectivity index (χ4v) is 4.50. The first-order valence-electron chi connectivity index (χ1n) is 9.76. The van der Waals surface area contributed by atoms with E-state index >= 15 is 0 Å². The summed E-state index contributed by atoms with van der Waals surface area (Å²) < 4.78 is 10.7. The molecular formula is C24H22N2O4S. The number of ether oxygens (including phenoxy) is 2. The average Bonchev–Trinajstić information content (AvgIpc) is 2.79. The minimum atomic E-state index is -0.478. The van der Waals surface area contributed by atoms with E-state index in [9.17, 15) is 9.59 Å². The van der Waals surface area contributed by atoms with Crippen LogP contribution in [0.4, 0.5) is 11.4 Å². The van der Waals surface area contributed by atoms with Gasteiger partial charge in [-0.25, -0.2) is 0 Å². The second kappa shape index (κ2) is 9.14. The van der Waals surface area contributed by atoms with Crippen molar-refractivity contribution in [1.29, 1.82) is 0 Å². The lowest BCUT2D eigenvalue weighted by Crippen LogP contribution is -2.32. The molecule has 6 nitrogen and oxygen atoms in total. The zero-order valence-electron chi connectivity index (χ0n) is 17.2. The van der Waals surface area contributed by atoms with E-state index in [-0.39, 0.29) is 18.2 Å². The van der Waals surface area contributed by atoms with Crippen molar-refractivity contribution in [2.24, 2.45) is 0 Å². The van der Waals surface area contributed by atoms with Crippen molar-refractivity contribution in [3.63, 3.8) is 0 Å². The highest BCUT2D eigenvalue weighted by Gasteiger charge is 2.28. The Kier molecular flexibility index (Phi) is 6.13. The van der Waals surface area contributed by atoms with E-state index in [1.165, 1.54) is 11.8 Å². The molecule has 0 unspecified atom stereocenters. The van der Waals surface area contributed by atoms with Crippen LogP contribution in [0.25, 0.3) is 11.1 Å². The summed E-state index contributed by atoms with van der Waals surface area (Å²) in [5.74, 6) is 1.07. The molecule has 3 aromatic rings. The third-order valence-electron chi connectivity index (χ3n) is 4.96. The van der Waals surface area contributed by atoms with Gasteiger partial charge in [0.1, 0.15) is 11.5 Å². The van der Waals surface area contributed by atoms with Crippen LogP contribution in [0.2, 0.25) is 0 Å². The third-order valence-corrected chi connectivity index (χ3v) is 6.24. The molecule has 0 saturated carbocycles. The number of hydrogen-bond acceptors (Lipinski definition) is 5. The predicted molar refractivity (Wildman–Crippen MR) is 123 cm³/mol.